The predicted octanol–water partition coefficient (Wildman–Crippen LogP) is 4.03. The number of aromatic nitrogens is 1. The van der Waals surface area contributed by atoms with Gasteiger partial charge in [0, 0.05) is 37.4 Å². The molecule has 1 amide bonds. The summed E-state index contributed by atoms with van der Waals surface area (Å²) in [6, 6.07) is 12.6. The first-order chi connectivity index (χ1) is 16.5. The summed E-state index contributed by atoms with van der Waals surface area (Å²) in [7, 11) is -3.82. The SMILES string of the molecule is CC(=O)c1ccc(N2CCN(C(=O)c3sc(NS(=O)(=O)c4ccc(C)cc4C)nc3C)CC2)cc1. The van der Waals surface area contributed by atoms with Gasteiger partial charge in [0.15, 0.2) is 10.9 Å². The number of sulfonamides is 1. The van der Waals surface area contributed by atoms with Crippen molar-refractivity contribution in [1.29, 1.82) is 0 Å². The van der Waals surface area contributed by atoms with Gasteiger partial charge >= 0.3 is 0 Å². The molecule has 0 unspecified atom stereocenters. The van der Waals surface area contributed by atoms with Crippen LogP contribution in [0, 0.1) is 20.8 Å². The Bertz CT molecular complexity index is 1370. The Morgan fingerprint density at radius 3 is 2.23 bits per heavy atom. The molecule has 0 bridgehead atoms. The Morgan fingerprint density at radius 1 is 0.971 bits per heavy atom. The number of nitrogens with zero attached hydrogens (tertiary/aromatic N) is 3. The van der Waals surface area contributed by atoms with Crippen LogP contribution in [0.15, 0.2) is 47.4 Å². The zero-order valence-corrected chi connectivity index (χ0v) is 21.8. The highest BCUT2D eigenvalue weighted by molar-refractivity contribution is 7.93. The number of rotatable bonds is 6. The molecule has 1 aromatic heterocycles. The molecule has 35 heavy (non-hydrogen) atoms. The van der Waals surface area contributed by atoms with Crippen LogP contribution in [0.25, 0.3) is 0 Å². The lowest BCUT2D eigenvalue weighted by atomic mass is 10.1. The number of piperazine rings is 1. The van der Waals surface area contributed by atoms with E-state index in [1.165, 1.54) is 0 Å². The number of ketones is 1. The first kappa shape index (κ1) is 24.9. The Kier molecular flexibility index (Phi) is 6.95. The predicted molar refractivity (Wildman–Crippen MR) is 138 cm³/mol. The van der Waals surface area contributed by atoms with E-state index in [0.717, 1.165) is 22.6 Å². The summed E-state index contributed by atoms with van der Waals surface area (Å²) in [5.74, 6) is -0.119. The fraction of sp³-hybridized carbons (Fsp3) is 0.320. The van der Waals surface area contributed by atoms with Crippen LogP contribution in [-0.4, -0.2) is 56.2 Å². The molecule has 0 aliphatic carbocycles. The molecule has 0 spiro atoms. The van der Waals surface area contributed by atoms with Crippen molar-refractivity contribution in [2.45, 2.75) is 32.6 Å². The molecule has 8 nitrogen and oxygen atoms in total. The highest BCUT2D eigenvalue weighted by atomic mass is 32.2. The Labute approximate surface area is 209 Å². The number of nitrogens with one attached hydrogen (secondary N) is 1. The number of benzene rings is 2. The number of amides is 1. The third-order valence-electron chi connectivity index (χ3n) is 6.04. The summed E-state index contributed by atoms with van der Waals surface area (Å²) in [5, 5.41) is 0.176. The largest absolute Gasteiger partial charge is 0.368 e. The van der Waals surface area contributed by atoms with Gasteiger partial charge in [-0.25, -0.2) is 13.4 Å². The van der Waals surface area contributed by atoms with Crippen molar-refractivity contribution in [2.24, 2.45) is 0 Å². The number of anilines is 2. The van der Waals surface area contributed by atoms with Crippen molar-refractivity contribution >= 4 is 43.9 Å². The van der Waals surface area contributed by atoms with E-state index in [-0.39, 0.29) is 21.7 Å². The Morgan fingerprint density at radius 2 is 1.63 bits per heavy atom. The molecule has 1 aliphatic heterocycles. The zero-order chi connectivity index (χ0) is 25.3. The van der Waals surface area contributed by atoms with E-state index < -0.39 is 10.0 Å². The molecule has 0 radical (unpaired) electrons. The number of hydrogen-bond acceptors (Lipinski definition) is 7. The van der Waals surface area contributed by atoms with Crippen molar-refractivity contribution < 1.29 is 18.0 Å². The van der Waals surface area contributed by atoms with Crippen LogP contribution in [0.1, 0.15) is 43.8 Å². The molecular weight excluding hydrogens is 484 g/mol. The summed E-state index contributed by atoms with van der Waals surface area (Å²) in [4.78, 5) is 33.6. The third-order valence-corrected chi connectivity index (χ3v) is 8.73. The molecule has 1 aliphatic rings. The highest BCUT2D eigenvalue weighted by Gasteiger charge is 2.27. The van der Waals surface area contributed by atoms with Gasteiger partial charge in [-0.1, -0.05) is 29.0 Å². The third kappa shape index (κ3) is 5.38. The minimum absolute atomic E-state index is 0.0301. The number of aryl methyl sites for hydroxylation is 3. The standard InChI is InChI=1S/C25H28N4O4S2/c1-16-5-10-22(17(2)15-16)35(32,33)27-25-26-18(3)23(34-25)24(31)29-13-11-28(12-14-29)21-8-6-20(7-9-21)19(4)30/h5-10,15H,11-14H2,1-4H3,(H,26,27). The van der Waals surface area contributed by atoms with Crippen LogP contribution in [0.2, 0.25) is 0 Å². The van der Waals surface area contributed by atoms with Gasteiger partial charge in [-0.2, -0.15) is 0 Å². The Balaban J connectivity index is 1.43. The second-order valence-corrected chi connectivity index (χ2v) is 11.3. The van der Waals surface area contributed by atoms with Crippen molar-refractivity contribution in [3.05, 3.63) is 69.7 Å². The fourth-order valence-electron chi connectivity index (χ4n) is 4.13. The lowest BCUT2D eigenvalue weighted by molar-refractivity contribution is 0.0750. The van der Waals surface area contributed by atoms with Gasteiger partial charge in [0.25, 0.3) is 15.9 Å². The van der Waals surface area contributed by atoms with E-state index in [1.807, 2.05) is 37.3 Å². The summed E-state index contributed by atoms with van der Waals surface area (Å²) < 4.78 is 28.3. The van der Waals surface area contributed by atoms with E-state index >= 15 is 0 Å². The minimum Gasteiger partial charge on any atom is -0.368 e. The normalized spacial score (nSPS) is 14.2. The van der Waals surface area contributed by atoms with Gasteiger partial charge in [-0.05, 0) is 63.6 Å². The molecule has 1 fully saturated rings. The van der Waals surface area contributed by atoms with Crippen molar-refractivity contribution in [3.8, 4) is 0 Å². The average molecular weight is 513 g/mol. The molecule has 2 heterocycles. The summed E-state index contributed by atoms with van der Waals surface area (Å²) in [6.45, 7) is 9.31. The second kappa shape index (κ2) is 9.79. The molecule has 184 valence electrons. The average Bonchev–Trinajstić information content (AvgIpc) is 3.17. The number of hydrogen-bond donors (Lipinski definition) is 1. The van der Waals surface area contributed by atoms with Crippen LogP contribution >= 0.6 is 11.3 Å². The highest BCUT2D eigenvalue weighted by Crippen LogP contribution is 2.28. The quantitative estimate of drug-likeness (QED) is 0.501. The Hall–Kier alpha value is -3.24. The summed E-state index contributed by atoms with van der Waals surface area (Å²) >= 11 is 1.06. The molecule has 10 heteroatoms. The minimum atomic E-state index is -3.82. The fourth-order valence-corrected chi connectivity index (χ4v) is 6.52. The first-order valence-electron chi connectivity index (χ1n) is 11.3. The van der Waals surface area contributed by atoms with Gasteiger partial charge in [-0.15, -0.1) is 0 Å². The smallest absolute Gasteiger partial charge is 0.266 e. The molecule has 1 saturated heterocycles. The molecule has 2 aromatic carbocycles. The van der Waals surface area contributed by atoms with Gasteiger partial charge in [-0.3, -0.25) is 14.3 Å². The number of Topliss-reactive ketones (excluding diaryl/α,β-unsaturated/α-hetero) is 1. The lowest BCUT2D eigenvalue weighted by Gasteiger charge is -2.36. The number of carbonyl (C=O) groups excluding carboxylic acids is 2. The van der Waals surface area contributed by atoms with Gasteiger partial charge in [0.2, 0.25) is 0 Å². The van der Waals surface area contributed by atoms with Crippen LogP contribution < -0.4 is 9.62 Å². The van der Waals surface area contributed by atoms with Gasteiger partial charge < -0.3 is 9.80 Å². The van der Waals surface area contributed by atoms with Gasteiger partial charge in [0.05, 0.1) is 10.6 Å². The molecule has 0 atom stereocenters. The van der Waals surface area contributed by atoms with Crippen LogP contribution in [0.5, 0.6) is 0 Å². The lowest BCUT2D eigenvalue weighted by Crippen LogP contribution is -2.48. The van der Waals surface area contributed by atoms with Crippen molar-refractivity contribution in [2.75, 3.05) is 35.8 Å². The van der Waals surface area contributed by atoms with E-state index in [4.69, 9.17) is 0 Å². The molecule has 1 N–H and O–H groups in total. The monoisotopic (exact) mass is 512 g/mol. The second-order valence-electron chi connectivity index (χ2n) is 8.69. The molecule has 0 saturated carbocycles. The van der Waals surface area contributed by atoms with Gasteiger partial charge in [0.1, 0.15) is 4.88 Å². The topological polar surface area (TPSA) is 99.7 Å². The van der Waals surface area contributed by atoms with E-state index in [1.54, 1.807) is 37.8 Å². The summed E-state index contributed by atoms with van der Waals surface area (Å²) in [5.41, 5.74) is 3.82. The van der Waals surface area contributed by atoms with E-state index in [2.05, 4.69) is 14.6 Å². The maximum atomic E-state index is 13.2. The van der Waals surface area contributed by atoms with E-state index in [0.29, 0.717) is 47.9 Å². The van der Waals surface area contributed by atoms with Crippen LogP contribution in [-0.2, 0) is 10.0 Å². The summed E-state index contributed by atoms with van der Waals surface area (Å²) in [6.07, 6.45) is 0. The number of thiazole rings is 1. The maximum absolute atomic E-state index is 13.2. The van der Waals surface area contributed by atoms with Crippen molar-refractivity contribution in [3.63, 3.8) is 0 Å². The molecule has 4 rings (SSSR count). The molecule has 3 aromatic rings. The van der Waals surface area contributed by atoms with Crippen molar-refractivity contribution in [1.82, 2.24) is 9.88 Å². The van der Waals surface area contributed by atoms with Crippen LogP contribution in [0.4, 0.5) is 10.8 Å². The van der Waals surface area contributed by atoms with Crippen LogP contribution in [0.3, 0.4) is 0 Å². The van der Waals surface area contributed by atoms with E-state index in [9.17, 15) is 18.0 Å². The zero-order valence-electron chi connectivity index (χ0n) is 20.2. The first-order valence-corrected chi connectivity index (χ1v) is 13.6. The maximum Gasteiger partial charge on any atom is 0.266 e. The number of carbonyl (C=O) groups is 2. The molecular formula is C25H28N4O4S2.